The van der Waals surface area contributed by atoms with Crippen molar-refractivity contribution in [2.45, 2.75) is 26.2 Å². The molecule has 0 unspecified atom stereocenters. The van der Waals surface area contributed by atoms with Crippen LogP contribution in [0.15, 0.2) is 48.5 Å². The van der Waals surface area contributed by atoms with Gasteiger partial charge >= 0.3 is 6.03 Å². The topological polar surface area (TPSA) is 41.1 Å². The number of benzene rings is 2. The van der Waals surface area contributed by atoms with E-state index in [1.165, 1.54) is 0 Å². The zero-order valence-electron chi connectivity index (χ0n) is 12.2. The van der Waals surface area contributed by atoms with E-state index in [9.17, 15) is 4.79 Å². The number of urea groups is 1. The molecule has 110 valence electrons. The monoisotopic (exact) mass is 302 g/mol. The summed E-state index contributed by atoms with van der Waals surface area (Å²) in [6, 6.07) is 14.6. The summed E-state index contributed by atoms with van der Waals surface area (Å²) in [5.41, 5.74) is 2.70. The molecular weight excluding hydrogens is 284 g/mol. The highest BCUT2D eigenvalue weighted by atomic mass is 35.5. The molecular formula is C17H19ClN2O. The number of carbonyl (C=O) groups excluding carboxylic acids is 1. The van der Waals surface area contributed by atoms with Gasteiger partial charge in [0.25, 0.3) is 0 Å². The fourth-order valence-corrected chi connectivity index (χ4v) is 2.20. The lowest BCUT2D eigenvalue weighted by atomic mass is 9.97. The van der Waals surface area contributed by atoms with Crippen LogP contribution in [0.1, 0.15) is 31.7 Å². The first-order valence-corrected chi connectivity index (χ1v) is 7.40. The second-order valence-electron chi connectivity index (χ2n) is 4.98. The number of halogens is 1. The van der Waals surface area contributed by atoms with Crippen molar-refractivity contribution in [1.82, 2.24) is 0 Å². The van der Waals surface area contributed by atoms with Crippen molar-refractivity contribution < 1.29 is 4.79 Å². The van der Waals surface area contributed by atoms with Crippen LogP contribution >= 0.6 is 11.6 Å². The van der Waals surface area contributed by atoms with Crippen molar-refractivity contribution in [3.63, 3.8) is 0 Å². The van der Waals surface area contributed by atoms with Crippen LogP contribution in [0.2, 0.25) is 5.02 Å². The van der Waals surface area contributed by atoms with Crippen LogP contribution < -0.4 is 10.6 Å². The smallest absolute Gasteiger partial charge is 0.308 e. The zero-order valence-corrected chi connectivity index (χ0v) is 12.9. The Labute approximate surface area is 130 Å². The number of amides is 2. The quantitative estimate of drug-likeness (QED) is 0.769. The molecule has 0 radical (unpaired) electrons. The average molecular weight is 303 g/mol. The van der Waals surface area contributed by atoms with E-state index in [-0.39, 0.29) is 6.03 Å². The summed E-state index contributed by atoms with van der Waals surface area (Å²) in [5.74, 6) is 0.400. The molecule has 0 fully saturated rings. The molecule has 0 aliphatic rings. The standard InChI is InChI=1S/C17H19ClN2O/c1-3-12(2)15-6-4-5-7-16(15)20-17(21)19-14-10-8-13(18)9-11-14/h4-12H,3H2,1-2H3,(H2,19,20,21)/t12-/m0/s1. The van der Waals surface area contributed by atoms with E-state index in [0.29, 0.717) is 16.6 Å². The van der Waals surface area contributed by atoms with Crippen LogP contribution in [-0.2, 0) is 0 Å². The number of rotatable bonds is 4. The van der Waals surface area contributed by atoms with E-state index in [0.717, 1.165) is 17.7 Å². The highest BCUT2D eigenvalue weighted by molar-refractivity contribution is 6.30. The Kier molecular flexibility index (Phi) is 5.23. The van der Waals surface area contributed by atoms with Crippen LogP contribution in [0, 0.1) is 0 Å². The fourth-order valence-electron chi connectivity index (χ4n) is 2.08. The normalized spacial score (nSPS) is 11.8. The van der Waals surface area contributed by atoms with Gasteiger partial charge in [-0.3, -0.25) is 0 Å². The second-order valence-corrected chi connectivity index (χ2v) is 5.42. The summed E-state index contributed by atoms with van der Waals surface area (Å²) in [5, 5.41) is 6.34. The van der Waals surface area contributed by atoms with E-state index in [1.54, 1.807) is 24.3 Å². The summed E-state index contributed by atoms with van der Waals surface area (Å²) in [6.07, 6.45) is 1.03. The van der Waals surface area contributed by atoms with E-state index in [2.05, 4.69) is 24.5 Å². The molecule has 2 rings (SSSR count). The van der Waals surface area contributed by atoms with Gasteiger partial charge in [0.1, 0.15) is 0 Å². The minimum Gasteiger partial charge on any atom is -0.308 e. The first kappa shape index (κ1) is 15.4. The highest BCUT2D eigenvalue weighted by Crippen LogP contribution is 2.26. The maximum absolute atomic E-state index is 12.1. The third kappa shape index (κ3) is 4.23. The Bertz CT molecular complexity index is 610. The third-order valence-electron chi connectivity index (χ3n) is 3.45. The van der Waals surface area contributed by atoms with Gasteiger partial charge in [-0.05, 0) is 48.2 Å². The minimum atomic E-state index is -0.256. The van der Waals surface area contributed by atoms with E-state index in [4.69, 9.17) is 11.6 Å². The van der Waals surface area contributed by atoms with Crippen LogP contribution in [0.3, 0.4) is 0 Å². The van der Waals surface area contributed by atoms with Gasteiger partial charge in [0.15, 0.2) is 0 Å². The number of carbonyl (C=O) groups is 1. The van der Waals surface area contributed by atoms with Crippen molar-refractivity contribution >= 4 is 29.0 Å². The van der Waals surface area contributed by atoms with Gasteiger partial charge in [0, 0.05) is 16.4 Å². The van der Waals surface area contributed by atoms with Gasteiger partial charge in [-0.15, -0.1) is 0 Å². The first-order chi connectivity index (χ1) is 10.1. The molecule has 2 amide bonds. The van der Waals surface area contributed by atoms with Gasteiger partial charge in [-0.2, -0.15) is 0 Å². The summed E-state index contributed by atoms with van der Waals surface area (Å²) >= 11 is 5.82. The number of nitrogens with one attached hydrogen (secondary N) is 2. The molecule has 21 heavy (non-hydrogen) atoms. The molecule has 0 saturated heterocycles. The average Bonchev–Trinajstić information content (AvgIpc) is 2.49. The molecule has 2 aromatic carbocycles. The fraction of sp³-hybridized carbons (Fsp3) is 0.235. The predicted molar refractivity (Wildman–Crippen MR) is 89.2 cm³/mol. The Morgan fingerprint density at radius 2 is 1.76 bits per heavy atom. The molecule has 0 bridgehead atoms. The molecule has 1 atom stereocenters. The molecule has 0 aliphatic heterocycles. The summed E-state index contributed by atoms with van der Waals surface area (Å²) in [6.45, 7) is 4.28. The number of hydrogen-bond acceptors (Lipinski definition) is 1. The van der Waals surface area contributed by atoms with Gasteiger partial charge in [-0.25, -0.2) is 4.79 Å². The van der Waals surface area contributed by atoms with Crippen LogP contribution in [0.5, 0.6) is 0 Å². The van der Waals surface area contributed by atoms with Crippen LogP contribution in [0.4, 0.5) is 16.2 Å². The molecule has 2 N–H and O–H groups in total. The predicted octanol–water partition coefficient (Wildman–Crippen LogP) is 5.50. The second kappa shape index (κ2) is 7.14. The van der Waals surface area contributed by atoms with Crippen LogP contribution in [0.25, 0.3) is 0 Å². The van der Waals surface area contributed by atoms with Crippen molar-refractivity contribution in [2.24, 2.45) is 0 Å². The van der Waals surface area contributed by atoms with Crippen molar-refractivity contribution in [3.8, 4) is 0 Å². The Morgan fingerprint density at radius 3 is 2.43 bits per heavy atom. The van der Waals surface area contributed by atoms with Crippen LogP contribution in [-0.4, -0.2) is 6.03 Å². The minimum absolute atomic E-state index is 0.256. The SMILES string of the molecule is CC[C@H](C)c1ccccc1NC(=O)Nc1ccc(Cl)cc1. The van der Waals surface area contributed by atoms with Gasteiger partial charge in [-0.1, -0.05) is 43.6 Å². The lowest BCUT2D eigenvalue weighted by molar-refractivity contribution is 0.262. The number of hydrogen-bond donors (Lipinski definition) is 2. The van der Waals surface area contributed by atoms with Gasteiger partial charge in [0.05, 0.1) is 0 Å². The van der Waals surface area contributed by atoms with Gasteiger partial charge in [0.2, 0.25) is 0 Å². The zero-order chi connectivity index (χ0) is 15.2. The number of anilines is 2. The molecule has 0 aromatic heterocycles. The molecule has 0 heterocycles. The lowest BCUT2D eigenvalue weighted by Gasteiger charge is -2.16. The van der Waals surface area contributed by atoms with Crippen molar-refractivity contribution in [1.29, 1.82) is 0 Å². The highest BCUT2D eigenvalue weighted by Gasteiger charge is 2.10. The maximum atomic E-state index is 12.1. The van der Waals surface area contributed by atoms with Crippen molar-refractivity contribution in [3.05, 3.63) is 59.1 Å². The molecule has 2 aromatic rings. The molecule has 0 saturated carbocycles. The van der Waals surface area contributed by atoms with E-state index >= 15 is 0 Å². The maximum Gasteiger partial charge on any atom is 0.323 e. The molecule has 0 aliphatic carbocycles. The Morgan fingerprint density at radius 1 is 1.10 bits per heavy atom. The Hall–Kier alpha value is -2.00. The first-order valence-electron chi connectivity index (χ1n) is 7.02. The van der Waals surface area contributed by atoms with E-state index < -0.39 is 0 Å². The van der Waals surface area contributed by atoms with E-state index in [1.807, 2.05) is 24.3 Å². The summed E-state index contributed by atoms with van der Waals surface area (Å²) < 4.78 is 0. The summed E-state index contributed by atoms with van der Waals surface area (Å²) in [4.78, 5) is 12.1. The Balaban J connectivity index is 2.07. The third-order valence-corrected chi connectivity index (χ3v) is 3.71. The molecule has 0 spiro atoms. The number of para-hydroxylation sites is 1. The largest absolute Gasteiger partial charge is 0.323 e. The molecule has 4 heteroatoms. The van der Waals surface area contributed by atoms with Crippen molar-refractivity contribution in [2.75, 3.05) is 10.6 Å². The lowest BCUT2D eigenvalue weighted by Crippen LogP contribution is -2.20. The summed E-state index contributed by atoms with van der Waals surface area (Å²) in [7, 11) is 0. The molecule has 3 nitrogen and oxygen atoms in total. The van der Waals surface area contributed by atoms with Gasteiger partial charge < -0.3 is 10.6 Å².